The Morgan fingerprint density at radius 1 is 1.64 bits per heavy atom. The first kappa shape index (κ1) is 10.6. The maximum atomic E-state index is 5.49. The van der Waals surface area contributed by atoms with Crippen molar-refractivity contribution in [2.45, 2.75) is 26.2 Å². The fourth-order valence-corrected chi connectivity index (χ4v) is 0.844. The van der Waals surface area contributed by atoms with Crippen molar-refractivity contribution >= 4 is 11.6 Å². The standard InChI is InChI=1S/C10H15Cl/c1-3-7-10(2)8-5-4-6-9-11/h3,10H,1,4,6-7,9H2,2H3. The summed E-state index contributed by atoms with van der Waals surface area (Å²) in [5.41, 5.74) is 0. The van der Waals surface area contributed by atoms with E-state index in [4.69, 9.17) is 11.6 Å². The molecule has 0 fully saturated rings. The molecule has 0 aliphatic rings. The normalized spacial score (nSPS) is 11.5. The molecular weight excluding hydrogens is 156 g/mol. The van der Waals surface area contributed by atoms with Gasteiger partial charge < -0.3 is 0 Å². The molecule has 0 saturated heterocycles. The lowest BCUT2D eigenvalue weighted by molar-refractivity contribution is 0.772. The number of hydrogen-bond donors (Lipinski definition) is 0. The second-order valence-corrected chi connectivity index (χ2v) is 2.92. The monoisotopic (exact) mass is 170 g/mol. The molecule has 0 spiro atoms. The topological polar surface area (TPSA) is 0 Å². The summed E-state index contributed by atoms with van der Waals surface area (Å²) >= 11 is 5.49. The zero-order valence-electron chi connectivity index (χ0n) is 7.07. The van der Waals surface area contributed by atoms with Crippen molar-refractivity contribution in [3.63, 3.8) is 0 Å². The highest BCUT2D eigenvalue weighted by atomic mass is 35.5. The molecule has 0 N–H and O–H groups in total. The Kier molecular flexibility index (Phi) is 7.41. The Morgan fingerprint density at radius 3 is 2.91 bits per heavy atom. The summed E-state index contributed by atoms with van der Waals surface area (Å²) in [4.78, 5) is 0. The van der Waals surface area contributed by atoms with Crippen LogP contribution in [0.25, 0.3) is 0 Å². The van der Waals surface area contributed by atoms with E-state index in [-0.39, 0.29) is 0 Å². The number of halogens is 1. The van der Waals surface area contributed by atoms with Crippen molar-refractivity contribution < 1.29 is 0 Å². The third-order valence-electron chi connectivity index (χ3n) is 1.30. The lowest BCUT2D eigenvalue weighted by Crippen LogP contribution is -1.85. The molecule has 0 heterocycles. The van der Waals surface area contributed by atoms with Crippen molar-refractivity contribution in [2.75, 3.05) is 5.88 Å². The molecule has 0 aromatic carbocycles. The molecule has 0 aromatic rings. The largest absolute Gasteiger partial charge is 0.127 e. The summed E-state index contributed by atoms with van der Waals surface area (Å²) < 4.78 is 0. The van der Waals surface area contributed by atoms with Gasteiger partial charge in [0.1, 0.15) is 0 Å². The van der Waals surface area contributed by atoms with Crippen LogP contribution < -0.4 is 0 Å². The summed E-state index contributed by atoms with van der Waals surface area (Å²) in [6.45, 7) is 5.76. The van der Waals surface area contributed by atoms with E-state index in [0.717, 1.165) is 19.3 Å². The van der Waals surface area contributed by atoms with Crippen LogP contribution in [-0.2, 0) is 0 Å². The molecule has 1 atom stereocenters. The smallest absolute Gasteiger partial charge is 0.0232 e. The molecule has 0 amide bonds. The molecule has 0 aliphatic heterocycles. The fourth-order valence-electron chi connectivity index (χ4n) is 0.711. The minimum Gasteiger partial charge on any atom is -0.127 e. The van der Waals surface area contributed by atoms with Crippen LogP contribution in [0.1, 0.15) is 26.2 Å². The highest BCUT2D eigenvalue weighted by Gasteiger charge is 1.89. The Bertz CT molecular complexity index is 150. The first-order chi connectivity index (χ1) is 5.31. The van der Waals surface area contributed by atoms with Crippen LogP contribution in [0.15, 0.2) is 12.7 Å². The van der Waals surface area contributed by atoms with E-state index in [1.165, 1.54) is 0 Å². The molecule has 0 saturated carbocycles. The quantitative estimate of drug-likeness (QED) is 0.263. The van der Waals surface area contributed by atoms with Crippen molar-refractivity contribution in [1.82, 2.24) is 0 Å². The van der Waals surface area contributed by atoms with E-state index in [0.29, 0.717) is 11.8 Å². The van der Waals surface area contributed by atoms with Gasteiger partial charge in [0.05, 0.1) is 0 Å². The molecular formula is C10H15Cl. The SMILES string of the molecule is C=CCC(C)C#CCCCCl. The van der Waals surface area contributed by atoms with Gasteiger partial charge in [0.2, 0.25) is 0 Å². The first-order valence-corrected chi connectivity index (χ1v) is 4.50. The molecule has 1 unspecified atom stereocenters. The van der Waals surface area contributed by atoms with Crippen LogP contribution in [0, 0.1) is 17.8 Å². The lowest BCUT2D eigenvalue weighted by Gasteiger charge is -1.95. The number of hydrogen-bond acceptors (Lipinski definition) is 0. The Morgan fingerprint density at radius 2 is 2.36 bits per heavy atom. The molecule has 1 heteroatoms. The van der Waals surface area contributed by atoms with Crippen molar-refractivity contribution in [3.8, 4) is 11.8 Å². The third-order valence-corrected chi connectivity index (χ3v) is 1.57. The maximum Gasteiger partial charge on any atom is 0.0232 e. The first-order valence-electron chi connectivity index (χ1n) is 3.96. The van der Waals surface area contributed by atoms with Gasteiger partial charge >= 0.3 is 0 Å². The number of unbranched alkanes of at least 4 members (excludes halogenated alkanes) is 1. The van der Waals surface area contributed by atoms with Crippen LogP contribution in [0.2, 0.25) is 0 Å². The minimum absolute atomic E-state index is 0.447. The molecule has 0 radical (unpaired) electrons. The average Bonchev–Trinajstić information content (AvgIpc) is 1.99. The number of rotatable bonds is 4. The fraction of sp³-hybridized carbons (Fsp3) is 0.600. The molecule has 0 aliphatic carbocycles. The summed E-state index contributed by atoms with van der Waals surface area (Å²) in [6.07, 6.45) is 4.80. The van der Waals surface area contributed by atoms with Crippen LogP contribution >= 0.6 is 11.6 Å². The predicted octanol–water partition coefficient (Wildman–Crippen LogP) is 3.22. The summed E-state index contributed by atoms with van der Waals surface area (Å²) in [5.74, 6) is 7.39. The Labute approximate surface area is 74.6 Å². The van der Waals surface area contributed by atoms with Gasteiger partial charge in [-0.2, -0.15) is 0 Å². The number of alkyl halides is 1. The summed E-state index contributed by atoms with van der Waals surface area (Å²) in [6, 6.07) is 0. The third kappa shape index (κ3) is 7.49. The van der Waals surface area contributed by atoms with E-state index >= 15 is 0 Å². The van der Waals surface area contributed by atoms with Crippen molar-refractivity contribution in [2.24, 2.45) is 5.92 Å². The van der Waals surface area contributed by atoms with Crippen molar-refractivity contribution in [3.05, 3.63) is 12.7 Å². The minimum atomic E-state index is 0.447. The van der Waals surface area contributed by atoms with Gasteiger partial charge in [0.15, 0.2) is 0 Å². The van der Waals surface area contributed by atoms with Gasteiger partial charge in [0, 0.05) is 18.2 Å². The average molecular weight is 171 g/mol. The van der Waals surface area contributed by atoms with Crippen molar-refractivity contribution in [1.29, 1.82) is 0 Å². The molecule has 62 valence electrons. The van der Waals surface area contributed by atoms with Gasteiger partial charge in [-0.1, -0.05) is 18.9 Å². The lowest BCUT2D eigenvalue weighted by atomic mass is 10.1. The van der Waals surface area contributed by atoms with E-state index in [1.807, 2.05) is 6.08 Å². The van der Waals surface area contributed by atoms with Gasteiger partial charge in [-0.3, -0.25) is 0 Å². The molecule has 0 nitrogen and oxygen atoms in total. The van der Waals surface area contributed by atoms with Crippen LogP contribution in [0.5, 0.6) is 0 Å². The zero-order valence-corrected chi connectivity index (χ0v) is 7.82. The molecule has 11 heavy (non-hydrogen) atoms. The predicted molar refractivity (Wildman–Crippen MR) is 51.7 cm³/mol. The highest BCUT2D eigenvalue weighted by Crippen LogP contribution is 1.99. The van der Waals surface area contributed by atoms with Gasteiger partial charge in [-0.05, 0) is 12.8 Å². The van der Waals surface area contributed by atoms with E-state index in [1.54, 1.807) is 0 Å². The van der Waals surface area contributed by atoms with Crippen LogP contribution in [0.3, 0.4) is 0 Å². The van der Waals surface area contributed by atoms with Crippen LogP contribution in [-0.4, -0.2) is 5.88 Å². The summed E-state index contributed by atoms with van der Waals surface area (Å²) in [5, 5.41) is 0. The molecule has 0 rings (SSSR count). The van der Waals surface area contributed by atoms with Crippen LogP contribution in [0.4, 0.5) is 0 Å². The second-order valence-electron chi connectivity index (χ2n) is 2.54. The van der Waals surface area contributed by atoms with E-state index in [2.05, 4.69) is 25.3 Å². The summed E-state index contributed by atoms with van der Waals surface area (Å²) in [7, 11) is 0. The highest BCUT2D eigenvalue weighted by molar-refractivity contribution is 6.17. The van der Waals surface area contributed by atoms with E-state index in [9.17, 15) is 0 Å². The second kappa shape index (κ2) is 7.69. The van der Waals surface area contributed by atoms with Gasteiger partial charge in [0.25, 0.3) is 0 Å². The van der Waals surface area contributed by atoms with Gasteiger partial charge in [-0.25, -0.2) is 0 Å². The number of allylic oxidation sites excluding steroid dienone is 1. The molecule has 0 bridgehead atoms. The van der Waals surface area contributed by atoms with E-state index < -0.39 is 0 Å². The Hall–Kier alpha value is -0.410. The zero-order chi connectivity index (χ0) is 8.53. The molecule has 0 aromatic heterocycles. The maximum absolute atomic E-state index is 5.49. The van der Waals surface area contributed by atoms with Gasteiger partial charge in [-0.15, -0.1) is 24.1 Å². The Balaban J connectivity index is 3.42.